The summed E-state index contributed by atoms with van der Waals surface area (Å²) < 4.78 is 22.5. The van der Waals surface area contributed by atoms with Crippen LogP contribution in [0.5, 0.6) is 5.75 Å². The van der Waals surface area contributed by atoms with Gasteiger partial charge in [0.15, 0.2) is 0 Å². The smallest absolute Gasteiger partial charge is 0.246 e. The van der Waals surface area contributed by atoms with Crippen LogP contribution in [0.3, 0.4) is 0 Å². The maximum atomic E-state index is 12.0. The first kappa shape index (κ1) is 60.5. The molecule has 353 valence electrons. The van der Waals surface area contributed by atoms with Gasteiger partial charge in [-0.1, -0.05) is 99.7 Å². The second kappa shape index (κ2) is 34.9. The Bertz CT molecular complexity index is 1350. The molecule has 0 heterocycles. The summed E-state index contributed by atoms with van der Waals surface area (Å²) in [7, 11) is 3.85. The molecule has 0 saturated carbocycles. The van der Waals surface area contributed by atoms with Crippen molar-refractivity contribution in [2.24, 2.45) is 16.7 Å². The Balaban J connectivity index is 0. The minimum absolute atomic E-state index is 0.0298. The molecule has 4 atom stereocenters. The van der Waals surface area contributed by atoms with Crippen LogP contribution in [0.4, 0.5) is 5.69 Å². The minimum atomic E-state index is -0.978. The van der Waals surface area contributed by atoms with Crippen LogP contribution in [0.25, 0.3) is 0 Å². The number of aliphatic hydroxyl groups is 2. The van der Waals surface area contributed by atoms with Gasteiger partial charge in [0, 0.05) is 37.9 Å². The van der Waals surface area contributed by atoms with Crippen molar-refractivity contribution in [3.8, 4) is 5.75 Å². The predicted molar refractivity (Wildman–Crippen MR) is 248 cm³/mol. The van der Waals surface area contributed by atoms with Crippen molar-refractivity contribution in [1.82, 2.24) is 26.6 Å². The van der Waals surface area contributed by atoms with E-state index >= 15 is 0 Å². The Labute approximate surface area is 376 Å². The Kier molecular flexibility index (Phi) is 34.6. The summed E-state index contributed by atoms with van der Waals surface area (Å²) in [6.45, 7) is 26.1. The van der Waals surface area contributed by atoms with Gasteiger partial charge in [-0.3, -0.25) is 24.5 Å². The first-order chi connectivity index (χ1) is 28.5. The average Bonchev–Trinajstić information content (AvgIpc) is 3.18. The van der Waals surface area contributed by atoms with Gasteiger partial charge in [0.1, 0.15) is 18.6 Å². The number of anilines is 1. The highest BCUT2D eigenvalue weighted by molar-refractivity contribution is 7.16. The Hall–Kier alpha value is -2.58. The van der Waals surface area contributed by atoms with E-state index in [1.807, 2.05) is 32.9 Å². The summed E-state index contributed by atoms with van der Waals surface area (Å²) in [5, 5.41) is 31.2. The molecular formula is C43H83AlN6O10P. The Morgan fingerprint density at radius 1 is 0.820 bits per heavy atom. The Morgan fingerprint density at radius 3 is 1.98 bits per heavy atom. The van der Waals surface area contributed by atoms with Crippen LogP contribution in [0.15, 0.2) is 18.2 Å². The molecule has 0 saturated heterocycles. The molecule has 18 heteroatoms. The number of aliphatic hydroxyl groups excluding tert-OH is 2. The van der Waals surface area contributed by atoms with Crippen LogP contribution in [0.2, 0.25) is 4.78 Å². The average molecular weight is 902 g/mol. The minimum Gasteiger partial charge on any atom is -0.460 e. The van der Waals surface area contributed by atoms with Crippen molar-refractivity contribution in [1.29, 1.82) is 0 Å². The molecule has 0 aliphatic rings. The number of ether oxygens (including phenoxy) is 4. The van der Waals surface area contributed by atoms with E-state index in [0.717, 1.165) is 18.4 Å². The molecule has 9 N–H and O–H groups in total. The zero-order valence-electron chi connectivity index (χ0n) is 39.4. The molecule has 4 unspecified atom stereocenters. The number of benzene rings is 1. The van der Waals surface area contributed by atoms with E-state index < -0.39 is 6.03 Å². The summed E-state index contributed by atoms with van der Waals surface area (Å²) in [6.07, 6.45) is 2.56. The lowest BCUT2D eigenvalue weighted by atomic mass is 9.91. The zero-order chi connectivity index (χ0) is 47.0. The van der Waals surface area contributed by atoms with Crippen LogP contribution in [-0.2, 0) is 33.4 Å². The summed E-state index contributed by atoms with van der Waals surface area (Å²) in [5.41, 5.74) is 7.53. The second-order valence-corrected chi connectivity index (χ2v) is 20.2. The summed E-state index contributed by atoms with van der Waals surface area (Å²) >= 11 is 0.140. The van der Waals surface area contributed by atoms with E-state index in [9.17, 15) is 24.3 Å². The van der Waals surface area contributed by atoms with Crippen LogP contribution < -0.4 is 37.1 Å². The van der Waals surface area contributed by atoms with Gasteiger partial charge in [-0.15, -0.1) is 0 Å². The standard InChI is InChI=1S/C25H49N3O6.C12H18N2O3P.C3H9NO.C3H7.Al/c1-8-24(4,5)18-34-19-25(6,7)17-28-22(30)15-27-23(31)16-33-14-13-32-12-11-26-21(29)10-9-20(2)3;1-2-11(15)14-6-5-8-3-4-10(9(13)7-8)17-12(16)18;1-3(5)4-2;1-3-2;/h20H,8-19H2,1-7H3,(H,26,29)(H,27,31)(H,28,30);3-5,7,12,16H,2,6,13,18H2,1H3,(H,14,15);3-5H,1-2H3;3H,1-2H3;. The fraction of sp³-hybridized carbons (Fsp3) is 0.767. The van der Waals surface area contributed by atoms with Gasteiger partial charge in [-0.25, -0.2) is 0 Å². The third-order valence-corrected chi connectivity index (χ3v) is 10.9. The molecule has 0 aliphatic heterocycles. The van der Waals surface area contributed by atoms with E-state index in [1.54, 1.807) is 20.0 Å². The number of nitrogens with one attached hydrogen (secondary N) is 5. The first-order valence-electron chi connectivity index (χ1n) is 21.5. The molecule has 1 radical (unpaired) electrons. The van der Waals surface area contributed by atoms with Crippen molar-refractivity contribution in [3.05, 3.63) is 23.8 Å². The van der Waals surface area contributed by atoms with Gasteiger partial charge in [-0.05, 0) is 50.3 Å². The lowest BCUT2D eigenvalue weighted by Gasteiger charge is -2.28. The quantitative estimate of drug-likeness (QED) is 0.0189. The van der Waals surface area contributed by atoms with Crippen molar-refractivity contribution in [2.75, 3.05) is 78.6 Å². The van der Waals surface area contributed by atoms with Gasteiger partial charge in [0.2, 0.25) is 44.9 Å². The third kappa shape index (κ3) is 36.6. The normalized spacial score (nSPS) is 12.8. The number of hydrogen-bond acceptors (Lipinski definition) is 12. The molecule has 61 heavy (non-hydrogen) atoms. The molecule has 0 fully saturated rings. The first-order valence-corrected chi connectivity index (χ1v) is 23.5. The number of carbonyl (C=O) groups is 4. The van der Waals surface area contributed by atoms with Crippen LogP contribution >= 0.6 is 9.24 Å². The number of nitrogens with two attached hydrogens (primary N) is 1. The lowest BCUT2D eigenvalue weighted by molar-refractivity contribution is -0.129. The molecule has 1 rings (SSSR count). The highest BCUT2D eigenvalue weighted by Gasteiger charge is 2.23. The van der Waals surface area contributed by atoms with E-state index in [-0.39, 0.29) is 80.4 Å². The molecule has 0 bridgehead atoms. The largest absolute Gasteiger partial charge is 0.460 e. The summed E-state index contributed by atoms with van der Waals surface area (Å²) in [4.78, 5) is 46.9. The van der Waals surface area contributed by atoms with Crippen molar-refractivity contribution in [2.45, 2.75) is 124 Å². The van der Waals surface area contributed by atoms with Gasteiger partial charge in [0.25, 0.3) is 0 Å². The highest BCUT2D eigenvalue weighted by Crippen LogP contribution is 2.29. The van der Waals surface area contributed by atoms with Gasteiger partial charge < -0.3 is 56.2 Å². The van der Waals surface area contributed by atoms with Crippen LogP contribution in [0, 0.1) is 16.7 Å². The zero-order valence-corrected chi connectivity index (χ0v) is 41.7. The van der Waals surface area contributed by atoms with E-state index in [4.69, 9.17) is 29.8 Å². The number of carbonyl (C=O) groups excluding carboxylic acids is 4. The molecular weight excluding hydrogens is 818 g/mol. The van der Waals surface area contributed by atoms with E-state index in [0.29, 0.717) is 81.0 Å². The molecule has 0 spiro atoms. The van der Waals surface area contributed by atoms with Gasteiger partial charge in [0.05, 0.1) is 45.3 Å². The van der Waals surface area contributed by atoms with Crippen molar-refractivity contribution in [3.63, 3.8) is 0 Å². The second-order valence-electron chi connectivity index (χ2n) is 17.1. The monoisotopic (exact) mass is 902 g/mol. The number of nitrogen functional groups attached to an aromatic ring is 1. The SMILES string of the molecule is CCC(=O)NC[CH]([Al][CH](C)C)c1ccc(OC(O)P)c(N)c1.CCC(C)(C)COCC(C)(C)CNC(=O)CNC(=O)COCCOCCNC(=O)CCC(C)C.CNC(C)O. The topological polar surface area (TPSA) is 232 Å². The van der Waals surface area contributed by atoms with Gasteiger partial charge in [-0.2, -0.15) is 0 Å². The van der Waals surface area contributed by atoms with E-state index in [2.05, 4.69) is 84.3 Å². The molecule has 0 aliphatic carbocycles. The molecule has 1 aromatic carbocycles. The maximum absolute atomic E-state index is 12.0. The molecule has 4 amide bonds. The summed E-state index contributed by atoms with van der Waals surface area (Å²) in [6, 6.07) is 4.62. The fourth-order valence-corrected chi connectivity index (χ4v) is 6.45. The Morgan fingerprint density at radius 2 is 1.44 bits per heavy atom. The van der Waals surface area contributed by atoms with Crippen molar-refractivity contribution < 1.29 is 48.3 Å². The highest BCUT2D eigenvalue weighted by atomic mass is 31.0. The van der Waals surface area contributed by atoms with Crippen molar-refractivity contribution >= 4 is 53.8 Å². The fourth-order valence-electron chi connectivity index (χ4n) is 4.69. The number of rotatable bonds is 29. The van der Waals surface area contributed by atoms with Gasteiger partial charge >= 0.3 is 0 Å². The van der Waals surface area contributed by atoms with Crippen LogP contribution in [0.1, 0.15) is 112 Å². The molecule has 16 nitrogen and oxygen atoms in total. The number of hydrogen-bond donors (Lipinski definition) is 8. The summed E-state index contributed by atoms with van der Waals surface area (Å²) in [5.74, 6) is 0.439. The van der Waals surface area contributed by atoms with Crippen LogP contribution in [-0.4, -0.2) is 134 Å². The molecule has 0 aromatic heterocycles. The number of amides is 4. The molecule has 1 aromatic rings. The third-order valence-electron chi connectivity index (χ3n) is 8.86. The van der Waals surface area contributed by atoms with E-state index in [1.165, 1.54) is 0 Å². The predicted octanol–water partition coefficient (Wildman–Crippen LogP) is 3.73. The maximum Gasteiger partial charge on any atom is 0.246 e. The lowest BCUT2D eigenvalue weighted by Crippen LogP contribution is -2.43.